The van der Waals surface area contributed by atoms with Gasteiger partial charge in [-0.2, -0.15) is 0 Å². The zero-order valence-electron chi connectivity index (χ0n) is 17.3. The van der Waals surface area contributed by atoms with E-state index in [1.165, 1.54) is 26.4 Å². The number of phenols is 2. The highest BCUT2D eigenvalue weighted by molar-refractivity contribution is 5.89. The second-order valence-electron chi connectivity index (χ2n) is 6.75. The van der Waals surface area contributed by atoms with Gasteiger partial charge in [-0.05, 0) is 36.4 Å². The number of nitrogens with zero attached hydrogens (tertiary/aromatic N) is 3. The molecule has 8 nitrogen and oxygen atoms in total. The number of ether oxygens (including phenoxy) is 2. The number of rotatable bonds is 5. The molecule has 32 heavy (non-hydrogen) atoms. The molecule has 0 saturated carbocycles. The lowest BCUT2D eigenvalue weighted by atomic mass is 10.1. The van der Waals surface area contributed by atoms with E-state index in [0.717, 1.165) is 0 Å². The molecule has 1 aromatic heterocycles. The Morgan fingerprint density at radius 3 is 2.09 bits per heavy atom. The molecule has 0 amide bonds. The molecule has 0 aliphatic heterocycles. The predicted octanol–water partition coefficient (Wildman–Crippen LogP) is 4.08. The Balaban J connectivity index is 1.93. The van der Waals surface area contributed by atoms with E-state index in [1.54, 1.807) is 54.6 Å². The SMILES string of the molecule is COC(=O)c1ccc(-c2nc(-c3ccccc3O)nc(-c3c(O)cccc3OC)n2)cc1. The lowest BCUT2D eigenvalue weighted by molar-refractivity contribution is 0.0600. The van der Waals surface area contributed by atoms with E-state index in [2.05, 4.69) is 15.0 Å². The number of aromatic nitrogens is 3. The highest BCUT2D eigenvalue weighted by atomic mass is 16.5. The van der Waals surface area contributed by atoms with Crippen molar-refractivity contribution in [2.75, 3.05) is 14.2 Å². The Labute approximate surface area is 183 Å². The molecule has 0 atom stereocenters. The first kappa shape index (κ1) is 20.8. The average Bonchev–Trinajstić information content (AvgIpc) is 2.83. The maximum atomic E-state index is 11.8. The number of aromatic hydroxyl groups is 2. The lowest BCUT2D eigenvalue weighted by Gasteiger charge is -2.12. The van der Waals surface area contributed by atoms with Gasteiger partial charge in [-0.1, -0.05) is 30.3 Å². The molecule has 160 valence electrons. The van der Waals surface area contributed by atoms with Gasteiger partial charge in [0.2, 0.25) is 0 Å². The Morgan fingerprint density at radius 2 is 1.41 bits per heavy atom. The van der Waals surface area contributed by atoms with Crippen LogP contribution in [0, 0.1) is 0 Å². The molecule has 0 aliphatic carbocycles. The average molecular weight is 429 g/mol. The summed E-state index contributed by atoms with van der Waals surface area (Å²) >= 11 is 0. The van der Waals surface area contributed by atoms with Crippen LogP contribution < -0.4 is 4.74 Å². The molecule has 4 rings (SSSR count). The first-order chi connectivity index (χ1) is 15.5. The lowest BCUT2D eigenvalue weighted by Crippen LogP contribution is -2.03. The zero-order valence-corrected chi connectivity index (χ0v) is 17.3. The van der Waals surface area contributed by atoms with Crippen molar-refractivity contribution >= 4 is 5.97 Å². The van der Waals surface area contributed by atoms with Crippen molar-refractivity contribution in [3.8, 4) is 51.4 Å². The number of hydrogen-bond donors (Lipinski definition) is 2. The van der Waals surface area contributed by atoms with E-state index in [1.807, 2.05) is 0 Å². The summed E-state index contributed by atoms with van der Waals surface area (Å²) in [5.74, 6) is 0.528. The summed E-state index contributed by atoms with van der Waals surface area (Å²) in [5, 5.41) is 20.8. The summed E-state index contributed by atoms with van der Waals surface area (Å²) in [5.41, 5.74) is 1.68. The van der Waals surface area contributed by atoms with Crippen LogP contribution in [0.25, 0.3) is 34.2 Å². The molecule has 2 N–H and O–H groups in total. The normalized spacial score (nSPS) is 10.6. The summed E-state index contributed by atoms with van der Waals surface area (Å²) in [6, 6.07) is 18.1. The predicted molar refractivity (Wildman–Crippen MR) is 117 cm³/mol. The second kappa shape index (κ2) is 8.73. The molecule has 0 radical (unpaired) electrons. The quantitative estimate of drug-likeness (QED) is 0.456. The van der Waals surface area contributed by atoms with Crippen molar-refractivity contribution in [1.29, 1.82) is 0 Å². The maximum absolute atomic E-state index is 11.8. The highest BCUT2D eigenvalue weighted by Crippen LogP contribution is 2.37. The van der Waals surface area contributed by atoms with E-state index in [-0.39, 0.29) is 29.0 Å². The van der Waals surface area contributed by atoms with E-state index < -0.39 is 5.97 Å². The Hall–Kier alpha value is -4.46. The van der Waals surface area contributed by atoms with Crippen LogP contribution in [0.5, 0.6) is 17.2 Å². The fourth-order valence-electron chi connectivity index (χ4n) is 3.19. The molecule has 3 aromatic carbocycles. The van der Waals surface area contributed by atoms with Gasteiger partial charge in [0, 0.05) is 5.56 Å². The van der Waals surface area contributed by atoms with Gasteiger partial charge in [-0.3, -0.25) is 0 Å². The number of esters is 1. The molecule has 0 spiro atoms. The minimum absolute atomic E-state index is 0.000822. The monoisotopic (exact) mass is 429 g/mol. The van der Waals surface area contributed by atoms with Crippen LogP contribution in [0.4, 0.5) is 0 Å². The molecule has 0 aliphatic rings. The van der Waals surface area contributed by atoms with Gasteiger partial charge in [0.15, 0.2) is 17.5 Å². The number of para-hydroxylation sites is 1. The zero-order chi connectivity index (χ0) is 22.7. The summed E-state index contributed by atoms with van der Waals surface area (Å²) in [6.07, 6.45) is 0. The van der Waals surface area contributed by atoms with Crippen LogP contribution in [0.3, 0.4) is 0 Å². The third kappa shape index (κ3) is 3.93. The largest absolute Gasteiger partial charge is 0.507 e. The standard InChI is InChI=1S/C24H19N3O5/c1-31-19-9-5-8-18(29)20(19)23-26-21(14-10-12-15(13-11-14)24(30)32-2)25-22(27-23)16-6-3-4-7-17(16)28/h3-13,28-29H,1-2H3. The van der Waals surface area contributed by atoms with Gasteiger partial charge in [0.05, 0.1) is 25.3 Å². The molecule has 1 heterocycles. The van der Waals surface area contributed by atoms with Crippen molar-refractivity contribution in [2.45, 2.75) is 0 Å². The Bertz CT molecular complexity index is 1290. The number of carbonyl (C=O) groups excluding carboxylic acids is 1. The van der Waals surface area contributed by atoms with Gasteiger partial charge in [0.25, 0.3) is 0 Å². The first-order valence-electron chi connectivity index (χ1n) is 9.61. The molecule has 0 bridgehead atoms. The van der Waals surface area contributed by atoms with Crippen molar-refractivity contribution in [3.63, 3.8) is 0 Å². The fourth-order valence-corrected chi connectivity index (χ4v) is 3.19. The van der Waals surface area contributed by atoms with Crippen LogP contribution in [0.2, 0.25) is 0 Å². The number of benzene rings is 3. The van der Waals surface area contributed by atoms with E-state index in [9.17, 15) is 15.0 Å². The topological polar surface area (TPSA) is 115 Å². The molecule has 4 aromatic rings. The first-order valence-corrected chi connectivity index (χ1v) is 9.61. The van der Waals surface area contributed by atoms with Crippen LogP contribution in [-0.4, -0.2) is 45.4 Å². The number of carbonyl (C=O) groups is 1. The van der Waals surface area contributed by atoms with Gasteiger partial charge >= 0.3 is 5.97 Å². The minimum Gasteiger partial charge on any atom is -0.507 e. The van der Waals surface area contributed by atoms with Gasteiger partial charge in [-0.15, -0.1) is 0 Å². The van der Waals surface area contributed by atoms with E-state index >= 15 is 0 Å². The van der Waals surface area contributed by atoms with Gasteiger partial charge in [-0.25, -0.2) is 19.7 Å². The summed E-state index contributed by atoms with van der Waals surface area (Å²) in [4.78, 5) is 25.3. The van der Waals surface area contributed by atoms with Crippen molar-refractivity contribution < 1.29 is 24.5 Å². The van der Waals surface area contributed by atoms with Crippen LogP contribution in [0.1, 0.15) is 10.4 Å². The molecular formula is C24H19N3O5. The number of methoxy groups -OCH3 is 2. The summed E-state index contributed by atoms with van der Waals surface area (Å²) in [6.45, 7) is 0. The van der Waals surface area contributed by atoms with Crippen LogP contribution in [-0.2, 0) is 4.74 Å². The van der Waals surface area contributed by atoms with Crippen LogP contribution in [0.15, 0.2) is 66.7 Å². The molecule has 0 saturated heterocycles. The van der Waals surface area contributed by atoms with E-state index in [4.69, 9.17) is 9.47 Å². The number of phenolic OH excluding ortho intramolecular Hbond substituents is 2. The molecule has 0 fully saturated rings. The van der Waals surface area contributed by atoms with Gasteiger partial charge in [0.1, 0.15) is 22.8 Å². The highest BCUT2D eigenvalue weighted by Gasteiger charge is 2.19. The molecule has 8 heteroatoms. The second-order valence-corrected chi connectivity index (χ2v) is 6.75. The van der Waals surface area contributed by atoms with Gasteiger partial charge < -0.3 is 19.7 Å². The smallest absolute Gasteiger partial charge is 0.337 e. The third-order valence-corrected chi connectivity index (χ3v) is 4.79. The van der Waals surface area contributed by atoms with E-state index in [0.29, 0.717) is 28.0 Å². The number of hydrogen-bond acceptors (Lipinski definition) is 8. The Kier molecular flexibility index (Phi) is 5.67. The molecule has 0 unspecified atom stereocenters. The summed E-state index contributed by atoms with van der Waals surface area (Å²) < 4.78 is 10.1. The minimum atomic E-state index is -0.457. The Morgan fingerprint density at radius 1 is 0.750 bits per heavy atom. The van der Waals surface area contributed by atoms with Crippen LogP contribution >= 0.6 is 0 Å². The van der Waals surface area contributed by atoms with Crippen molar-refractivity contribution in [3.05, 3.63) is 72.3 Å². The maximum Gasteiger partial charge on any atom is 0.337 e. The fraction of sp³-hybridized carbons (Fsp3) is 0.0833. The molecular weight excluding hydrogens is 410 g/mol. The summed E-state index contributed by atoms with van der Waals surface area (Å²) in [7, 11) is 2.79. The van der Waals surface area contributed by atoms with Crippen molar-refractivity contribution in [2.24, 2.45) is 0 Å². The third-order valence-electron chi connectivity index (χ3n) is 4.79. The van der Waals surface area contributed by atoms with Crippen molar-refractivity contribution in [1.82, 2.24) is 15.0 Å².